The normalized spacial score (nSPS) is 16.4. The molecular weight excluding hydrogens is 324 g/mol. The third-order valence-electron chi connectivity index (χ3n) is 4.44. The zero-order valence-corrected chi connectivity index (χ0v) is 14.8. The zero-order chi connectivity index (χ0) is 16.8. The Morgan fingerprint density at radius 2 is 2.33 bits per heavy atom. The number of carbonyl (C=O) groups is 1. The van der Waals surface area contributed by atoms with E-state index >= 15 is 0 Å². The van der Waals surface area contributed by atoms with E-state index < -0.39 is 0 Å². The Balaban J connectivity index is 1.42. The second kappa shape index (κ2) is 8.37. The first-order chi connectivity index (χ1) is 11.7. The smallest absolute Gasteiger partial charge is 0.233 e. The summed E-state index contributed by atoms with van der Waals surface area (Å²) in [6, 6.07) is 3.64. The summed E-state index contributed by atoms with van der Waals surface area (Å²) in [5.74, 6) is 2.46. The molecule has 6 nitrogen and oxygen atoms in total. The van der Waals surface area contributed by atoms with Gasteiger partial charge in [-0.3, -0.25) is 9.89 Å². The van der Waals surface area contributed by atoms with Gasteiger partial charge in [0.15, 0.2) is 0 Å². The van der Waals surface area contributed by atoms with Crippen molar-refractivity contribution in [2.24, 2.45) is 5.92 Å². The van der Waals surface area contributed by atoms with Crippen molar-refractivity contribution >= 4 is 17.7 Å². The highest BCUT2D eigenvalue weighted by Gasteiger charge is 2.18. The van der Waals surface area contributed by atoms with Gasteiger partial charge in [-0.05, 0) is 31.4 Å². The third kappa shape index (κ3) is 4.87. The fourth-order valence-corrected chi connectivity index (χ4v) is 3.79. The van der Waals surface area contributed by atoms with E-state index in [2.05, 4.69) is 20.5 Å². The first kappa shape index (κ1) is 17.1. The number of rotatable bonds is 8. The lowest BCUT2D eigenvalue weighted by molar-refractivity contribution is -0.120. The minimum Gasteiger partial charge on any atom is -0.467 e. The molecule has 0 spiro atoms. The van der Waals surface area contributed by atoms with E-state index in [9.17, 15) is 4.79 Å². The van der Waals surface area contributed by atoms with Crippen molar-refractivity contribution < 1.29 is 9.21 Å². The molecule has 1 aliphatic carbocycles. The molecule has 130 valence electrons. The fourth-order valence-electron chi connectivity index (χ4n) is 3.02. The van der Waals surface area contributed by atoms with Gasteiger partial charge in [0, 0.05) is 6.42 Å². The van der Waals surface area contributed by atoms with E-state index in [1.807, 2.05) is 13.0 Å². The number of nitrogens with one attached hydrogen (secondary N) is 2. The summed E-state index contributed by atoms with van der Waals surface area (Å²) in [4.78, 5) is 16.6. The highest BCUT2D eigenvalue weighted by molar-refractivity contribution is 8.00. The minimum absolute atomic E-state index is 0.0475. The van der Waals surface area contributed by atoms with Crippen LogP contribution < -0.4 is 5.32 Å². The molecule has 2 N–H and O–H groups in total. The van der Waals surface area contributed by atoms with Gasteiger partial charge in [0.05, 0.1) is 18.1 Å². The van der Waals surface area contributed by atoms with Crippen LogP contribution in [0, 0.1) is 5.92 Å². The molecule has 1 saturated carbocycles. The van der Waals surface area contributed by atoms with E-state index in [1.165, 1.54) is 43.9 Å². The van der Waals surface area contributed by atoms with Crippen molar-refractivity contribution in [1.82, 2.24) is 20.5 Å². The van der Waals surface area contributed by atoms with E-state index in [1.54, 1.807) is 12.3 Å². The molecule has 24 heavy (non-hydrogen) atoms. The molecule has 0 unspecified atom stereocenters. The number of amides is 1. The predicted octanol–water partition coefficient (Wildman–Crippen LogP) is 3.32. The zero-order valence-electron chi connectivity index (χ0n) is 14.0. The maximum absolute atomic E-state index is 12.1. The molecule has 2 aromatic heterocycles. The molecule has 3 rings (SSSR count). The average molecular weight is 348 g/mol. The van der Waals surface area contributed by atoms with Gasteiger partial charge < -0.3 is 9.73 Å². The summed E-state index contributed by atoms with van der Waals surface area (Å²) in [5.41, 5.74) is 0. The molecule has 0 aromatic carbocycles. The van der Waals surface area contributed by atoms with Crippen LogP contribution in [-0.2, 0) is 17.8 Å². The van der Waals surface area contributed by atoms with Crippen LogP contribution in [-0.4, -0.2) is 26.3 Å². The van der Waals surface area contributed by atoms with Crippen LogP contribution in [0.2, 0.25) is 0 Å². The Morgan fingerprint density at radius 1 is 1.50 bits per heavy atom. The number of nitrogens with zero attached hydrogens (tertiary/aromatic N) is 2. The van der Waals surface area contributed by atoms with Gasteiger partial charge in [-0.25, -0.2) is 4.98 Å². The van der Waals surface area contributed by atoms with E-state index in [4.69, 9.17) is 4.42 Å². The van der Waals surface area contributed by atoms with Crippen LogP contribution in [0.3, 0.4) is 0 Å². The van der Waals surface area contributed by atoms with Gasteiger partial charge >= 0.3 is 0 Å². The highest BCUT2D eigenvalue weighted by Crippen LogP contribution is 2.28. The van der Waals surface area contributed by atoms with Crippen LogP contribution in [0.1, 0.15) is 50.6 Å². The molecule has 0 aliphatic heterocycles. The number of thioether (sulfide) groups is 1. The van der Waals surface area contributed by atoms with Gasteiger partial charge in [0.1, 0.15) is 11.6 Å². The van der Waals surface area contributed by atoms with Crippen LogP contribution in [0.15, 0.2) is 28.0 Å². The number of H-pyrrole nitrogens is 1. The Kier molecular flexibility index (Phi) is 5.96. The molecule has 1 fully saturated rings. The molecule has 0 bridgehead atoms. The van der Waals surface area contributed by atoms with Crippen LogP contribution in [0.25, 0.3) is 0 Å². The van der Waals surface area contributed by atoms with Gasteiger partial charge in [-0.1, -0.05) is 37.4 Å². The van der Waals surface area contributed by atoms with Gasteiger partial charge in [-0.15, -0.1) is 5.10 Å². The fraction of sp³-hybridized carbons (Fsp3) is 0.588. The quantitative estimate of drug-likeness (QED) is 0.715. The molecule has 1 amide bonds. The monoisotopic (exact) mass is 348 g/mol. The second-order valence-electron chi connectivity index (χ2n) is 6.31. The molecule has 7 heteroatoms. The predicted molar refractivity (Wildman–Crippen MR) is 92.5 cm³/mol. The largest absolute Gasteiger partial charge is 0.467 e. The molecule has 2 aromatic rings. The first-order valence-corrected chi connectivity index (χ1v) is 9.46. The lowest BCUT2D eigenvalue weighted by Gasteiger charge is -2.08. The Bertz CT molecular complexity index is 635. The number of carbonyl (C=O) groups excluding carboxylic acids is 1. The first-order valence-electron chi connectivity index (χ1n) is 8.58. The summed E-state index contributed by atoms with van der Waals surface area (Å²) >= 11 is 1.37. The second-order valence-corrected chi connectivity index (χ2v) is 7.62. The van der Waals surface area contributed by atoms with E-state index in [0.29, 0.717) is 11.7 Å². The molecular formula is C17H24N4O2S. The lowest BCUT2D eigenvalue weighted by atomic mass is 10.0. The maximum atomic E-state index is 12.1. The third-order valence-corrected chi connectivity index (χ3v) is 5.40. The number of hydrogen-bond donors (Lipinski definition) is 2. The number of furan rings is 1. The minimum atomic E-state index is -0.251. The number of hydrogen-bond acceptors (Lipinski definition) is 5. The summed E-state index contributed by atoms with van der Waals surface area (Å²) in [6.45, 7) is 2.26. The van der Waals surface area contributed by atoms with E-state index in [0.717, 1.165) is 23.9 Å². The van der Waals surface area contributed by atoms with Gasteiger partial charge in [-0.2, -0.15) is 0 Å². The van der Waals surface area contributed by atoms with Crippen molar-refractivity contribution in [2.45, 2.75) is 62.4 Å². The molecule has 1 aliphatic rings. The summed E-state index contributed by atoms with van der Waals surface area (Å²) in [5, 5.41) is 10.5. The molecule has 0 saturated heterocycles. The van der Waals surface area contributed by atoms with Crippen molar-refractivity contribution in [3.8, 4) is 0 Å². The van der Waals surface area contributed by atoms with Crippen molar-refractivity contribution in [2.75, 3.05) is 0 Å². The Hall–Kier alpha value is -1.76. The van der Waals surface area contributed by atoms with Crippen molar-refractivity contribution in [3.05, 3.63) is 30.0 Å². The number of aromatic nitrogens is 3. The van der Waals surface area contributed by atoms with Gasteiger partial charge in [0.2, 0.25) is 11.1 Å². The Labute approximate surface area is 146 Å². The van der Waals surface area contributed by atoms with Crippen molar-refractivity contribution in [1.29, 1.82) is 0 Å². The molecule has 1 atom stereocenters. The summed E-state index contributed by atoms with van der Waals surface area (Å²) in [6.07, 6.45) is 9.15. The average Bonchev–Trinajstić information content (AvgIpc) is 3.32. The molecule has 2 heterocycles. The van der Waals surface area contributed by atoms with Crippen LogP contribution >= 0.6 is 11.8 Å². The topological polar surface area (TPSA) is 83.8 Å². The SMILES string of the molecule is C[C@H](Sc1n[nH]c(CCC2CCCC2)n1)C(=O)NCc1ccco1. The standard InChI is InChI=1S/C17H24N4O2S/c1-12(16(22)18-11-14-7-4-10-23-14)24-17-19-15(20-21-17)9-8-13-5-2-3-6-13/h4,7,10,12-13H,2-3,5-6,8-9,11H2,1H3,(H,18,22)(H,19,20,21)/t12-/m0/s1. The van der Waals surface area contributed by atoms with Gasteiger partial charge in [0.25, 0.3) is 0 Å². The van der Waals surface area contributed by atoms with Crippen LogP contribution in [0.5, 0.6) is 0 Å². The molecule has 0 radical (unpaired) electrons. The van der Waals surface area contributed by atoms with Crippen molar-refractivity contribution in [3.63, 3.8) is 0 Å². The lowest BCUT2D eigenvalue weighted by Crippen LogP contribution is -2.30. The van der Waals surface area contributed by atoms with E-state index in [-0.39, 0.29) is 11.2 Å². The highest BCUT2D eigenvalue weighted by atomic mass is 32.2. The van der Waals surface area contributed by atoms with Crippen LogP contribution in [0.4, 0.5) is 0 Å². The Morgan fingerprint density at radius 3 is 3.08 bits per heavy atom. The maximum Gasteiger partial charge on any atom is 0.233 e. The number of aromatic amines is 1. The summed E-state index contributed by atoms with van der Waals surface area (Å²) in [7, 11) is 0. The summed E-state index contributed by atoms with van der Waals surface area (Å²) < 4.78 is 5.20. The number of aryl methyl sites for hydroxylation is 1.